The lowest BCUT2D eigenvalue weighted by Gasteiger charge is -2.14. The van der Waals surface area contributed by atoms with Crippen LogP contribution in [0.3, 0.4) is 0 Å². The Bertz CT molecular complexity index is 4590. The summed E-state index contributed by atoms with van der Waals surface area (Å²) in [5.74, 6) is 15.9. The summed E-state index contributed by atoms with van der Waals surface area (Å²) in [4.78, 5) is 0.162. The maximum atomic E-state index is 14.1. The van der Waals surface area contributed by atoms with Gasteiger partial charge in [0.15, 0.2) is 0 Å². The van der Waals surface area contributed by atoms with Gasteiger partial charge in [-0.1, -0.05) is 54.0 Å². The molecular weight excluding hydrogens is 1160 g/mol. The van der Waals surface area contributed by atoms with E-state index in [1.807, 2.05) is 0 Å². The molecule has 0 amide bonds. The van der Waals surface area contributed by atoms with Gasteiger partial charge < -0.3 is 38.6 Å². The minimum atomic E-state index is -4.12. The van der Waals surface area contributed by atoms with Crippen LogP contribution in [0.15, 0.2) is 272 Å². The topological polar surface area (TPSA) is 198 Å². The monoisotopic (exact) mass is 1210 g/mol. The summed E-state index contributed by atoms with van der Waals surface area (Å²) in [6, 6.07) is 63.6. The molecule has 10 rings (SSSR count). The van der Waals surface area contributed by atoms with Crippen molar-refractivity contribution in [2.45, 2.75) is 68.3 Å². The Balaban J connectivity index is 0.716. The molecule has 0 unspecified atom stereocenters. The number of benzene rings is 10. The molecule has 0 fully saturated rings. The third-order valence-corrected chi connectivity index (χ3v) is 17.9. The first-order valence-corrected chi connectivity index (χ1v) is 31.3. The Labute approximate surface area is 505 Å². The van der Waals surface area contributed by atoms with Gasteiger partial charge in [-0.15, -0.1) is 0 Å². The minimum Gasteiger partial charge on any atom is -0.457 e. The molecule has 0 aliphatic rings. The van der Waals surface area contributed by atoms with Gasteiger partial charge in [-0.25, -0.2) is 25.3 Å². The van der Waals surface area contributed by atoms with Crippen LogP contribution >= 0.6 is 0 Å². The van der Waals surface area contributed by atoms with E-state index < -0.39 is 40.7 Å². The zero-order valence-electron chi connectivity index (χ0n) is 47.1. The zero-order chi connectivity index (χ0) is 61.4. The Hall–Kier alpha value is -10.1. The van der Waals surface area contributed by atoms with Gasteiger partial charge in [-0.3, -0.25) is 0 Å². The summed E-state index contributed by atoms with van der Waals surface area (Å²) >= 11 is 0. The van der Waals surface area contributed by atoms with E-state index in [0.717, 1.165) is 0 Å². The van der Waals surface area contributed by atoms with E-state index in [-0.39, 0.29) is 40.9 Å². The molecule has 87 heavy (non-hydrogen) atoms. The summed E-state index contributed by atoms with van der Waals surface area (Å²) in [5.41, 5.74) is -0.996. The molecule has 0 heterocycles. The van der Waals surface area contributed by atoms with Crippen LogP contribution in [0.2, 0.25) is 0 Å². The zero-order valence-corrected chi connectivity index (χ0v) is 49.6. The average Bonchev–Trinajstić information content (AvgIpc) is 1.96. The third-order valence-electron chi connectivity index (χ3n) is 12.5. The highest BCUT2D eigenvalue weighted by atomic mass is 32.2. The maximum Gasteiger partial charge on any atom is 0.210 e. The van der Waals surface area contributed by atoms with E-state index >= 15 is 0 Å². The quantitative estimate of drug-likeness (QED) is 0.0769. The van der Waals surface area contributed by atoms with Crippen molar-refractivity contribution in [3.05, 3.63) is 254 Å². The number of hydrogen-bond donors (Lipinski definition) is 2. The van der Waals surface area contributed by atoms with Crippen LogP contribution in [0.5, 0.6) is 69.0 Å². The number of rotatable bonds is 18. The smallest absolute Gasteiger partial charge is 0.210 e. The molecule has 0 saturated carbocycles. The van der Waals surface area contributed by atoms with Crippen molar-refractivity contribution in [2.75, 3.05) is 0 Å². The van der Waals surface area contributed by atoms with Crippen molar-refractivity contribution in [2.24, 2.45) is 0 Å². The molecule has 10 aromatic carbocycles. The maximum absolute atomic E-state index is 14.1. The first-order chi connectivity index (χ1) is 41.5. The highest BCUT2D eigenvalue weighted by Gasteiger charge is 2.24. The molecule has 14 nitrogen and oxygen atoms in total. The van der Waals surface area contributed by atoms with E-state index in [9.17, 15) is 35.5 Å². The fraction of sp³-hybridized carbons (Fsp3) is 0.0857. The predicted molar refractivity (Wildman–Crippen MR) is 328 cm³/mol. The summed E-state index contributed by atoms with van der Waals surface area (Å²) in [6.45, 7) is 6.37. The molecule has 10 aromatic rings. The first-order valence-electron chi connectivity index (χ1n) is 26.8. The van der Waals surface area contributed by atoms with Gasteiger partial charge in [0.1, 0.15) is 85.1 Å². The van der Waals surface area contributed by atoms with Gasteiger partial charge in [-0.2, -0.15) is 0 Å². The molecule has 0 aromatic heterocycles. The minimum absolute atomic E-state index is 0.00686. The van der Waals surface area contributed by atoms with Crippen molar-refractivity contribution in [1.29, 1.82) is 0 Å². The lowest BCUT2D eigenvalue weighted by Crippen LogP contribution is -2.14. The number of ether oxygens (including phenoxy) is 6. The first kappa shape index (κ1) is 60.0. The van der Waals surface area contributed by atoms with Crippen LogP contribution in [0.1, 0.15) is 38.8 Å². The third kappa shape index (κ3) is 15.6. The van der Waals surface area contributed by atoms with Crippen LogP contribution in [0.4, 0.5) is 0 Å². The van der Waals surface area contributed by atoms with Gasteiger partial charge in [0.2, 0.25) is 29.5 Å². The lowest BCUT2D eigenvalue weighted by molar-refractivity contribution is 0.143. The summed E-state index contributed by atoms with van der Waals surface area (Å²) in [6.07, 6.45) is 0. The molecule has 17 heteroatoms. The Morgan fingerprint density at radius 2 is 0.552 bits per heavy atom. The van der Waals surface area contributed by atoms with Crippen molar-refractivity contribution in [1.82, 2.24) is 0 Å². The van der Waals surface area contributed by atoms with Gasteiger partial charge in [0.05, 0.1) is 24.5 Å². The van der Waals surface area contributed by atoms with E-state index in [1.165, 1.54) is 91.0 Å². The van der Waals surface area contributed by atoms with Crippen molar-refractivity contribution in [3.8, 4) is 92.7 Å². The van der Waals surface area contributed by atoms with Crippen LogP contribution in [-0.2, 0) is 29.5 Å². The highest BCUT2D eigenvalue weighted by molar-refractivity contribution is 7.92. The number of sulfone groups is 3. The van der Waals surface area contributed by atoms with E-state index in [1.54, 1.807) is 179 Å². The second-order valence-electron chi connectivity index (χ2n) is 20.5. The molecular formula is C70H54O14S3. The second kappa shape index (κ2) is 25.2. The van der Waals surface area contributed by atoms with Crippen LogP contribution < -0.4 is 28.4 Å². The molecule has 0 atom stereocenters. The Morgan fingerprint density at radius 3 is 0.885 bits per heavy atom. The molecule has 0 radical (unpaired) electrons. The van der Waals surface area contributed by atoms with Crippen LogP contribution in [0.25, 0.3) is 0 Å². The summed E-state index contributed by atoms with van der Waals surface area (Å²) < 4.78 is 119. The Kier molecular flexibility index (Phi) is 17.4. The fourth-order valence-corrected chi connectivity index (χ4v) is 12.2. The molecule has 0 spiro atoms. The molecule has 0 bridgehead atoms. The normalized spacial score (nSPS) is 11.7. The van der Waals surface area contributed by atoms with E-state index in [2.05, 4.69) is 23.7 Å². The lowest BCUT2D eigenvalue weighted by atomic mass is 10.1. The molecule has 0 aliphatic heterocycles. The number of hydrogen-bond acceptors (Lipinski definition) is 14. The van der Waals surface area contributed by atoms with E-state index in [4.69, 9.17) is 28.4 Å². The van der Waals surface area contributed by atoms with Gasteiger partial charge >= 0.3 is 0 Å². The molecule has 0 aliphatic carbocycles. The van der Waals surface area contributed by atoms with Crippen LogP contribution in [-0.4, -0.2) is 46.7 Å². The number of para-hydroxylation sites is 1. The SMILES string of the molecule is CC(C)(O)C#Cc1cccc(Oc2ccc(S(=O)(=O)c3ccc(Oc4ccc(Oc5ccc(S(=O)(=O)c6ccccc6Oc6cccc(Oc7ccc(S(=O)(=O)c8ccc(Oc9cccc(C#CC(C)(C)O)c9)cc8)cc7)c6)cc5)cc4)cc3)cc2)c1. The van der Waals surface area contributed by atoms with E-state index in [0.29, 0.717) is 68.6 Å². The summed E-state index contributed by atoms with van der Waals surface area (Å²) in [7, 11) is -11.9. The molecule has 2 N–H and O–H groups in total. The van der Waals surface area contributed by atoms with Crippen molar-refractivity contribution in [3.63, 3.8) is 0 Å². The highest BCUT2D eigenvalue weighted by Crippen LogP contribution is 2.37. The second-order valence-corrected chi connectivity index (χ2v) is 26.4. The van der Waals surface area contributed by atoms with Gasteiger partial charge in [0, 0.05) is 17.2 Å². The Morgan fingerprint density at radius 1 is 0.287 bits per heavy atom. The molecule has 0 saturated heterocycles. The van der Waals surface area contributed by atoms with Gasteiger partial charge in [-0.05, 0) is 234 Å². The summed E-state index contributed by atoms with van der Waals surface area (Å²) in [5, 5.41) is 19.9. The van der Waals surface area contributed by atoms with Gasteiger partial charge in [0.25, 0.3) is 0 Å². The largest absolute Gasteiger partial charge is 0.457 e. The predicted octanol–water partition coefficient (Wildman–Crippen LogP) is 15.2. The average molecular weight is 1220 g/mol. The number of aliphatic hydroxyl groups is 2. The fourth-order valence-electron chi connectivity index (χ4n) is 8.30. The van der Waals surface area contributed by atoms with Crippen molar-refractivity contribution < 1.29 is 63.9 Å². The molecule has 436 valence electrons. The van der Waals surface area contributed by atoms with Crippen molar-refractivity contribution >= 4 is 29.5 Å². The standard InChI is InChI=1S/C70H54O14S3/c1-69(2,71)44-42-49-10-7-12-58(46-49)81-55-24-34-63(35-25-55)85(73,74)62-32-22-53(23-33-62)79-51-18-20-52(21-19-51)80-54-30-40-66(41-31-54)87(77,78)68-17-6-5-16-67(68)84-61-15-9-14-60(48-61)83-57-28-38-65(39-29-57)86(75,76)64-36-26-56(27-37-64)82-59-13-8-11-50(47-59)43-45-70(3,4)72/h5-41,46-48,71-72H,1-4H3. The van der Waals surface area contributed by atoms with Crippen LogP contribution in [0, 0.1) is 23.7 Å².